The van der Waals surface area contributed by atoms with Crippen LogP contribution in [0.3, 0.4) is 0 Å². The van der Waals surface area contributed by atoms with Crippen molar-refractivity contribution >= 4 is 17.3 Å². The summed E-state index contributed by atoms with van der Waals surface area (Å²) in [6, 6.07) is 11.6. The van der Waals surface area contributed by atoms with Crippen molar-refractivity contribution in [2.45, 2.75) is 0 Å². The monoisotopic (exact) mass is 319 g/mol. The molecule has 0 fully saturated rings. The number of methoxy groups -OCH3 is 1. The first-order valence-electron chi connectivity index (χ1n) is 6.40. The van der Waals surface area contributed by atoms with E-state index in [4.69, 9.17) is 21.1 Å². The maximum Gasteiger partial charge on any atom is 0.270 e. The second-order valence-corrected chi connectivity index (χ2v) is 5.01. The second kappa shape index (κ2) is 6.95. The Labute approximate surface area is 132 Å². The summed E-state index contributed by atoms with van der Waals surface area (Å²) in [7, 11) is 1.57. The van der Waals surface area contributed by atoms with Crippen molar-refractivity contribution in [3.8, 4) is 22.6 Å². The molecule has 0 aliphatic carbocycles. The van der Waals surface area contributed by atoms with E-state index >= 15 is 0 Å². The Morgan fingerprint density at radius 3 is 2.50 bits per heavy atom. The van der Waals surface area contributed by atoms with Crippen LogP contribution in [-0.4, -0.2) is 18.6 Å². The van der Waals surface area contributed by atoms with Gasteiger partial charge >= 0.3 is 0 Å². The Balaban J connectivity index is 2.45. The third-order valence-corrected chi connectivity index (χ3v) is 3.07. The smallest absolute Gasteiger partial charge is 0.270 e. The summed E-state index contributed by atoms with van der Waals surface area (Å²) in [5.41, 5.74) is 1.37. The number of rotatable bonds is 6. The molecule has 0 saturated carbocycles. The molecule has 0 aliphatic rings. The fourth-order valence-corrected chi connectivity index (χ4v) is 1.96. The van der Waals surface area contributed by atoms with Gasteiger partial charge in [-0.25, -0.2) is 0 Å². The van der Waals surface area contributed by atoms with Crippen LogP contribution in [0.4, 0.5) is 5.69 Å². The Morgan fingerprint density at radius 1 is 1.27 bits per heavy atom. The molecule has 114 valence electrons. The molecular weight excluding hydrogens is 306 g/mol. The van der Waals surface area contributed by atoms with E-state index in [1.807, 2.05) is 0 Å². The molecule has 2 aromatic carbocycles. The molecule has 0 amide bonds. The van der Waals surface area contributed by atoms with Gasteiger partial charge in [-0.3, -0.25) is 10.1 Å². The summed E-state index contributed by atoms with van der Waals surface area (Å²) in [5.74, 6) is 1.20. The van der Waals surface area contributed by atoms with Crippen molar-refractivity contribution in [2.75, 3.05) is 13.7 Å². The summed E-state index contributed by atoms with van der Waals surface area (Å²) in [6.45, 7) is 3.68. The number of non-ortho nitro benzene ring substituents is 1. The summed E-state index contributed by atoms with van der Waals surface area (Å²) in [6.07, 6.45) is 0. The van der Waals surface area contributed by atoms with Crippen LogP contribution < -0.4 is 9.47 Å². The molecule has 2 rings (SSSR count). The van der Waals surface area contributed by atoms with Gasteiger partial charge in [0, 0.05) is 22.7 Å². The summed E-state index contributed by atoms with van der Waals surface area (Å²) >= 11 is 5.70. The van der Waals surface area contributed by atoms with Gasteiger partial charge in [-0.15, -0.1) is 0 Å². The molecule has 0 atom stereocenters. The van der Waals surface area contributed by atoms with Crippen LogP contribution >= 0.6 is 11.6 Å². The van der Waals surface area contributed by atoms with Crippen molar-refractivity contribution in [3.63, 3.8) is 0 Å². The van der Waals surface area contributed by atoms with Crippen LogP contribution in [0.2, 0.25) is 0 Å². The lowest BCUT2D eigenvalue weighted by Gasteiger charge is -2.11. The number of benzene rings is 2. The number of nitro benzene ring substituents is 1. The predicted octanol–water partition coefficient (Wildman–Crippen LogP) is 4.40. The van der Waals surface area contributed by atoms with Gasteiger partial charge in [0.2, 0.25) is 0 Å². The minimum absolute atomic E-state index is 0.0112. The summed E-state index contributed by atoms with van der Waals surface area (Å²) in [5, 5.41) is 11.3. The van der Waals surface area contributed by atoms with Gasteiger partial charge in [0.1, 0.15) is 18.1 Å². The maximum atomic E-state index is 11.0. The molecule has 0 bridgehead atoms. The lowest BCUT2D eigenvalue weighted by molar-refractivity contribution is -0.384. The highest BCUT2D eigenvalue weighted by Gasteiger charge is 2.14. The molecule has 0 saturated heterocycles. The quantitative estimate of drug-likeness (QED) is 0.584. The van der Waals surface area contributed by atoms with Crippen LogP contribution in [0.1, 0.15) is 0 Å². The highest BCUT2D eigenvalue weighted by atomic mass is 35.5. The average Bonchev–Trinajstić information content (AvgIpc) is 2.52. The molecular formula is C16H14ClNO4. The number of halogens is 1. The molecule has 0 heterocycles. The van der Waals surface area contributed by atoms with Gasteiger partial charge in [0.25, 0.3) is 5.69 Å². The number of ether oxygens (including phenoxy) is 2. The number of nitrogens with zero attached hydrogens (tertiary/aromatic N) is 1. The molecule has 0 unspecified atom stereocenters. The van der Waals surface area contributed by atoms with Crippen molar-refractivity contribution in [2.24, 2.45) is 0 Å². The number of nitro groups is 1. The zero-order valence-corrected chi connectivity index (χ0v) is 12.7. The van der Waals surface area contributed by atoms with E-state index in [1.165, 1.54) is 12.1 Å². The van der Waals surface area contributed by atoms with Crippen LogP contribution in [-0.2, 0) is 0 Å². The van der Waals surface area contributed by atoms with Gasteiger partial charge in [0.15, 0.2) is 0 Å². The second-order valence-electron chi connectivity index (χ2n) is 4.47. The van der Waals surface area contributed by atoms with Crippen molar-refractivity contribution in [1.29, 1.82) is 0 Å². The van der Waals surface area contributed by atoms with E-state index in [0.29, 0.717) is 22.1 Å². The summed E-state index contributed by atoms with van der Waals surface area (Å²) < 4.78 is 10.7. The van der Waals surface area contributed by atoms with Crippen LogP contribution in [0.25, 0.3) is 11.1 Å². The van der Waals surface area contributed by atoms with E-state index < -0.39 is 4.92 Å². The number of hydrogen-bond acceptors (Lipinski definition) is 4. The van der Waals surface area contributed by atoms with E-state index in [9.17, 15) is 10.1 Å². The third kappa shape index (κ3) is 3.77. The molecule has 6 heteroatoms. The van der Waals surface area contributed by atoms with Gasteiger partial charge in [-0.1, -0.05) is 30.3 Å². The van der Waals surface area contributed by atoms with E-state index in [0.717, 1.165) is 5.56 Å². The zero-order valence-electron chi connectivity index (χ0n) is 11.9. The molecule has 22 heavy (non-hydrogen) atoms. The van der Waals surface area contributed by atoms with E-state index in [2.05, 4.69) is 6.58 Å². The first-order chi connectivity index (χ1) is 10.5. The van der Waals surface area contributed by atoms with Gasteiger partial charge < -0.3 is 9.47 Å². The first-order valence-corrected chi connectivity index (χ1v) is 6.78. The van der Waals surface area contributed by atoms with Crippen LogP contribution in [0, 0.1) is 10.1 Å². The Hall–Kier alpha value is -2.53. The highest BCUT2D eigenvalue weighted by molar-refractivity contribution is 6.29. The fourth-order valence-electron chi connectivity index (χ4n) is 1.91. The minimum Gasteiger partial charge on any atom is -0.497 e. The Kier molecular flexibility index (Phi) is 5.01. The van der Waals surface area contributed by atoms with E-state index in [1.54, 1.807) is 37.4 Å². The molecule has 0 aliphatic heterocycles. The molecule has 0 N–H and O–H groups in total. The predicted molar refractivity (Wildman–Crippen MR) is 85.6 cm³/mol. The lowest BCUT2D eigenvalue weighted by Crippen LogP contribution is -1.99. The standard InChI is InChI=1S/C16H14ClNO4/c1-11(17)10-22-16-8-5-13(18(19)20)9-15(16)12-3-6-14(21-2)7-4-12/h3-9H,1,10H2,2H3. The first kappa shape index (κ1) is 15.9. The maximum absolute atomic E-state index is 11.0. The largest absolute Gasteiger partial charge is 0.497 e. The minimum atomic E-state index is -0.447. The molecule has 2 aromatic rings. The molecule has 0 radical (unpaired) electrons. The van der Waals surface area contributed by atoms with Crippen molar-refractivity contribution in [3.05, 3.63) is 64.2 Å². The van der Waals surface area contributed by atoms with Crippen molar-refractivity contribution < 1.29 is 14.4 Å². The average molecular weight is 320 g/mol. The highest BCUT2D eigenvalue weighted by Crippen LogP contribution is 2.34. The van der Waals surface area contributed by atoms with Gasteiger partial charge in [-0.05, 0) is 23.8 Å². The van der Waals surface area contributed by atoms with Gasteiger partial charge in [-0.2, -0.15) is 0 Å². The molecule has 5 nitrogen and oxygen atoms in total. The van der Waals surface area contributed by atoms with Gasteiger partial charge in [0.05, 0.1) is 12.0 Å². The number of hydrogen-bond donors (Lipinski definition) is 0. The molecule has 0 spiro atoms. The fraction of sp³-hybridized carbons (Fsp3) is 0.125. The zero-order chi connectivity index (χ0) is 16.1. The Morgan fingerprint density at radius 2 is 1.95 bits per heavy atom. The SMILES string of the molecule is C=C(Cl)COc1ccc([N+](=O)[O-])cc1-c1ccc(OC)cc1. The normalized spacial score (nSPS) is 10.1. The summed E-state index contributed by atoms with van der Waals surface area (Å²) in [4.78, 5) is 10.5. The Bertz CT molecular complexity index is 698. The van der Waals surface area contributed by atoms with E-state index in [-0.39, 0.29) is 12.3 Å². The van der Waals surface area contributed by atoms with Crippen LogP contribution in [0.5, 0.6) is 11.5 Å². The van der Waals surface area contributed by atoms with Crippen molar-refractivity contribution in [1.82, 2.24) is 0 Å². The van der Waals surface area contributed by atoms with Crippen LogP contribution in [0.15, 0.2) is 54.1 Å². The molecule has 0 aromatic heterocycles. The lowest BCUT2D eigenvalue weighted by atomic mass is 10.0. The topological polar surface area (TPSA) is 61.6 Å². The third-order valence-electron chi connectivity index (χ3n) is 2.96.